The Bertz CT molecular complexity index is 852. The second kappa shape index (κ2) is 6.36. The van der Waals surface area contributed by atoms with Gasteiger partial charge in [-0.25, -0.2) is 0 Å². The highest BCUT2D eigenvalue weighted by Crippen LogP contribution is 2.13. The Labute approximate surface area is 132 Å². The number of aromatic nitrogens is 3. The molecule has 0 aliphatic carbocycles. The smallest absolute Gasteiger partial charge is 0.216 e. The zero-order valence-electron chi connectivity index (χ0n) is 11.7. The summed E-state index contributed by atoms with van der Waals surface area (Å²) in [5.74, 6) is 0.883. The average Bonchev–Trinajstić information content (AvgIpc) is 2.88. The van der Waals surface area contributed by atoms with E-state index in [-0.39, 0.29) is 5.75 Å². The fourth-order valence-electron chi connectivity index (χ4n) is 2.05. The summed E-state index contributed by atoms with van der Waals surface area (Å²) in [6, 6.07) is 17.0. The first kappa shape index (κ1) is 14.2. The highest BCUT2D eigenvalue weighted by molar-refractivity contribution is 7.71. The molecule has 1 heterocycles. The first-order valence-electron chi connectivity index (χ1n) is 6.76. The van der Waals surface area contributed by atoms with Crippen LogP contribution in [-0.4, -0.2) is 26.2 Å². The maximum Gasteiger partial charge on any atom is 0.216 e. The van der Waals surface area contributed by atoms with Crippen molar-refractivity contribution in [3.63, 3.8) is 0 Å². The van der Waals surface area contributed by atoms with Crippen LogP contribution in [-0.2, 0) is 6.42 Å². The number of phenolic OH excluding ortho intramolecular Hbond substituents is 1. The third kappa shape index (κ3) is 3.12. The predicted octanol–water partition coefficient (Wildman–Crippen LogP) is 3.12. The quantitative estimate of drug-likeness (QED) is 0.575. The minimum Gasteiger partial charge on any atom is -0.507 e. The van der Waals surface area contributed by atoms with Gasteiger partial charge in [0.2, 0.25) is 4.77 Å². The molecular formula is C16H14N4OS. The molecule has 0 unspecified atom stereocenters. The van der Waals surface area contributed by atoms with E-state index in [1.807, 2.05) is 36.4 Å². The number of aromatic amines is 1. The van der Waals surface area contributed by atoms with Gasteiger partial charge in [0.15, 0.2) is 5.82 Å². The van der Waals surface area contributed by atoms with Crippen LogP contribution >= 0.6 is 12.2 Å². The zero-order chi connectivity index (χ0) is 15.4. The lowest BCUT2D eigenvalue weighted by molar-refractivity contribution is 0.474. The SMILES string of the molecule is Oc1ccccc1/C=N/n1c(Cc2ccccc2)n[nH]c1=S. The third-order valence-corrected chi connectivity index (χ3v) is 3.44. The number of phenols is 1. The molecule has 1 aromatic heterocycles. The zero-order valence-corrected chi connectivity index (χ0v) is 12.5. The fourth-order valence-corrected chi connectivity index (χ4v) is 2.25. The molecule has 22 heavy (non-hydrogen) atoms. The number of nitrogens with one attached hydrogen (secondary N) is 1. The van der Waals surface area contributed by atoms with Gasteiger partial charge >= 0.3 is 0 Å². The van der Waals surface area contributed by atoms with E-state index in [1.54, 1.807) is 29.1 Å². The summed E-state index contributed by atoms with van der Waals surface area (Å²) in [4.78, 5) is 0. The molecule has 2 aromatic carbocycles. The monoisotopic (exact) mass is 310 g/mol. The molecule has 0 fully saturated rings. The Morgan fingerprint density at radius 2 is 1.86 bits per heavy atom. The van der Waals surface area contributed by atoms with Gasteiger partial charge in [-0.1, -0.05) is 42.5 Å². The van der Waals surface area contributed by atoms with Crippen molar-refractivity contribution in [3.8, 4) is 5.75 Å². The topological polar surface area (TPSA) is 66.2 Å². The molecule has 0 atom stereocenters. The molecule has 0 spiro atoms. The lowest BCUT2D eigenvalue weighted by Crippen LogP contribution is -2.00. The van der Waals surface area contributed by atoms with Gasteiger partial charge in [-0.15, -0.1) is 0 Å². The summed E-state index contributed by atoms with van der Waals surface area (Å²) in [6.07, 6.45) is 2.18. The van der Waals surface area contributed by atoms with E-state index in [1.165, 1.54) is 0 Å². The molecular weight excluding hydrogens is 296 g/mol. The maximum absolute atomic E-state index is 9.76. The number of para-hydroxylation sites is 1. The highest BCUT2D eigenvalue weighted by Gasteiger charge is 2.06. The average molecular weight is 310 g/mol. The molecule has 0 aliphatic rings. The van der Waals surface area contributed by atoms with Crippen LogP contribution in [0.2, 0.25) is 0 Å². The Balaban J connectivity index is 1.90. The molecule has 6 heteroatoms. The van der Waals surface area contributed by atoms with Crippen molar-refractivity contribution in [2.75, 3.05) is 0 Å². The Morgan fingerprint density at radius 3 is 2.64 bits per heavy atom. The van der Waals surface area contributed by atoms with E-state index in [2.05, 4.69) is 15.3 Å². The summed E-state index contributed by atoms with van der Waals surface area (Å²) >= 11 is 5.21. The van der Waals surface area contributed by atoms with Gasteiger partial charge in [-0.05, 0) is 29.9 Å². The minimum absolute atomic E-state index is 0.172. The number of nitrogens with zero attached hydrogens (tertiary/aromatic N) is 3. The van der Waals surface area contributed by atoms with Crippen molar-refractivity contribution in [2.24, 2.45) is 5.10 Å². The first-order valence-corrected chi connectivity index (χ1v) is 7.17. The van der Waals surface area contributed by atoms with Crippen molar-refractivity contribution < 1.29 is 5.11 Å². The van der Waals surface area contributed by atoms with Crippen LogP contribution in [0.1, 0.15) is 17.0 Å². The molecule has 0 bridgehead atoms. The number of H-pyrrole nitrogens is 1. The number of benzene rings is 2. The van der Waals surface area contributed by atoms with Crippen LogP contribution in [0.3, 0.4) is 0 Å². The van der Waals surface area contributed by atoms with Crippen LogP contribution in [0, 0.1) is 4.77 Å². The molecule has 0 saturated carbocycles. The summed E-state index contributed by atoms with van der Waals surface area (Å²) in [6.45, 7) is 0. The number of rotatable bonds is 4. The molecule has 0 radical (unpaired) electrons. The second-order valence-corrected chi connectivity index (χ2v) is 5.11. The molecule has 3 aromatic rings. The fraction of sp³-hybridized carbons (Fsp3) is 0.0625. The predicted molar refractivity (Wildman–Crippen MR) is 87.8 cm³/mol. The maximum atomic E-state index is 9.76. The lowest BCUT2D eigenvalue weighted by Gasteiger charge is -2.02. The molecule has 0 saturated heterocycles. The van der Waals surface area contributed by atoms with Crippen LogP contribution in [0.5, 0.6) is 5.75 Å². The van der Waals surface area contributed by atoms with Gasteiger partial charge in [-0.3, -0.25) is 5.10 Å². The summed E-state index contributed by atoms with van der Waals surface area (Å²) in [5.41, 5.74) is 1.74. The van der Waals surface area contributed by atoms with E-state index in [0.717, 1.165) is 5.56 Å². The van der Waals surface area contributed by atoms with Crippen LogP contribution in [0.4, 0.5) is 0 Å². The minimum atomic E-state index is 0.172. The van der Waals surface area contributed by atoms with Gasteiger partial charge < -0.3 is 5.11 Å². The van der Waals surface area contributed by atoms with Gasteiger partial charge in [0.1, 0.15) is 5.75 Å². The third-order valence-electron chi connectivity index (χ3n) is 3.17. The van der Waals surface area contributed by atoms with Gasteiger partial charge in [0, 0.05) is 12.0 Å². The molecule has 110 valence electrons. The van der Waals surface area contributed by atoms with E-state index in [4.69, 9.17) is 12.2 Å². The van der Waals surface area contributed by atoms with Crippen LogP contribution < -0.4 is 0 Å². The van der Waals surface area contributed by atoms with E-state index in [9.17, 15) is 5.11 Å². The Hall–Kier alpha value is -2.73. The van der Waals surface area contributed by atoms with Gasteiger partial charge in [0.25, 0.3) is 0 Å². The Morgan fingerprint density at radius 1 is 1.14 bits per heavy atom. The summed E-state index contributed by atoms with van der Waals surface area (Å²) < 4.78 is 1.98. The highest BCUT2D eigenvalue weighted by atomic mass is 32.1. The second-order valence-electron chi connectivity index (χ2n) is 4.72. The molecule has 0 aliphatic heterocycles. The summed E-state index contributed by atoms with van der Waals surface area (Å²) in [7, 11) is 0. The standard InChI is InChI=1S/C16H14N4OS/c21-14-9-5-4-8-13(14)11-17-20-15(18-19-16(20)22)10-12-6-2-1-3-7-12/h1-9,11,21H,10H2,(H,19,22)/b17-11+. The Kier molecular flexibility index (Phi) is 4.11. The number of hydrogen-bond acceptors (Lipinski definition) is 4. The van der Waals surface area contributed by atoms with E-state index >= 15 is 0 Å². The van der Waals surface area contributed by atoms with Crippen molar-refractivity contribution in [2.45, 2.75) is 6.42 Å². The van der Waals surface area contributed by atoms with Gasteiger partial charge in [0.05, 0.1) is 6.21 Å². The van der Waals surface area contributed by atoms with E-state index in [0.29, 0.717) is 22.6 Å². The van der Waals surface area contributed by atoms with Crippen molar-refractivity contribution in [3.05, 3.63) is 76.3 Å². The van der Waals surface area contributed by atoms with E-state index < -0.39 is 0 Å². The number of hydrogen-bond donors (Lipinski definition) is 2. The molecule has 0 amide bonds. The lowest BCUT2D eigenvalue weighted by atomic mass is 10.1. The van der Waals surface area contributed by atoms with Crippen molar-refractivity contribution >= 4 is 18.4 Å². The van der Waals surface area contributed by atoms with Crippen molar-refractivity contribution in [1.82, 2.24) is 14.9 Å². The van der Waals surface area contributed by atoms with Crippen molar-refractivity contribution in [1.29, 1.82) is 0 Å². The molecule has 2 N–H and O–H groups in total. The largest absolute Gasteiger partial charge is 0.507 e. The van der Waals surface area contributed by atoms with Crippen LogP contribution in [0.25, 0.3) is 0 Å². The normalized spacial score (nSPS) is 11.1. The molecule has 5 nitrogen and oxygen atoms in total. The number of aromatic hydroxyl groups is 1. The van der Waals surface area contributed by atoms with Gasteiger partial charge in [-0.2, -0.15) is 14.9 Å². The van der Waals surface area contributed by atoms with Crippen LogP contribution in [0.15, 0.2) is 59.7 Å². The molecule has 3 rings (SSSR count). The first-order chi connectivity index (χ1) is 10.7. The summed E-state index contributed by atoms with van der Waals surface area (Å²) in [5, 5.41) is 21.1.